The van der Waals surface area contributed by atoms with E-state index in [4.69, 9.17) is 4.74 Å². The van der Waals surface area contributed by atoms with E-state index in [1.807, 2.05) is 0 Å². The molecule has 0 radical (unpaired) electrons. The number of benzene rings is 1. The second kappa shape index (κ2) is 7.97. The Labute approximate surface area is 162 Å². The first-order valence-corrected chi connectivity index (χ1v) is 10.1. The van der Waals surface area contributed by atoms with Gasteiger partial charge in [-0.05, 0) is 18.2 Å². The topological polar surface area (TPSA) is 110 Å². The lowest BCUT2D eigenvalue weighted by atomic mass is 10.2. The lowest BCUT2D eigenvalue weighted by Gasteiger charge is -2.31. The lowest BCUT2D eigenvalue weighted by molar-refractivity contribution is -0.00506. The molecule has 9 nitrogen and oxygen atoms in total. The van der Waals surface area contributed by atoms with E-state index in [9.17, 15) is 8.42 Å². The van der Waals surface area contributed by atoms with Crippen LogP contribution in [-0.4, -0.2) is 52.4 Å². The molecule has 1 aromatic carbocycles. The van der Waals surface area contributed by atoms with Crippen LogP contribution in [0.1, 0.15) is 11.8 Å². The van der Waals surface area contributed by atoms with Crippen molar-refractivity contribution in [3.05, 3.63) is 66.9 Å². The molecule has 1 aliphatic rings. The Bertz CT molecular complexity index is 1030. The molecule has 4 rings (SSSR count). The Morgan fingerprint density at radius 3 is 2.64 bits per heavy atom. The van der Waals surface area contributed by atoms with Crippen molar-refractivity contribution in [2.45, 2.75) is 11.0 Å². The molecule has 0 spiro atoms. The van der Waals surface area contributed by atoms with E-state index in [1.165, 1.54) is 4.31 Å². The molecule has 0 aliphatic carbocycles. The van der Waals surface area contributed by atoms with Crippen molar-refractivity contribution in [2.75, 3.05) is 25.0 Å². The highest BCUT2D eigenvalue weighted by Crippen LogP contribution is 2.26. The minimum absolute atomic E-state index is 0.164. The fourth-order valence-corrected chi connectivity index (χ4v) is 4.28. The summed E-state index contributed by atoms with van der Waals surface area (Å²) in [6, 6.07) is 10.1. The van der Waals surface area contributed by atoms with E-state index < -0.39 is 16.1 Å². The third kappa shape index (κ3) is 3.98. The maximum Gasteiger partial charge on any atom is 0.243 e. The molecule has 1 N–H and O–H groups in total. The number of nitrogens with one attached hydrogen (secondary N) is 1. The first kappa shape index (κ1) is 18.4. The predicted octanol–water partition coefficient (Wildman–Crippen LogP) is 1.77. The zero-order valence-corrected chi connectivity index (χ0v) is 15.7. The van der Waals surface area contributed by atoms with Gasteiger partial charge in [-0.3, -0.25) is 4.98 Å². The summed E-state index contributed by atoms with van der Waals surface area (Å²) in [4.78, 5) is 17.1. The van der Waals surface area contributed by atoms with Crippen molar-refractivity contribution in [3.8, 4) is 0 Å². The maximum absolute atomic E-state index is 12.9. The Kier molecular flexibility index (Phi) is 5.24. The van der Waals surface area contributed by atoms with E-state index in [0.29, 0.717) is 17.5 Å². The highest BCUT2D eigenvalue weighted by Gasteiger charge is 2.32. The summed E-state index contributed by atoms with van der Waals surface area (Å²) in [5.41, 5.74) is 0.536. The van der Waals surface area contributed by atoms with E-state index in [2.05, 4.69) is 25.3 Å². The molecule has 0 saturated carbocycles. The van der Waals surface area contributed by atoms with Crippen LogP contribution in [0.25, 0.3) is 0 Å². The molecule has 28 heavy (non-hydrogen) atoms. The zero-order chi connectivity index (χ0) is 19.4. The summed E-state index contributed by atoms with van der Waals surface area (Å²) in [6.07, 6.45) is 5.83. The predicted molar refractivity (Wildman–Crippen MR) is 101 cm³/mol. The van der Waals surface area contributed by atoms with Gasteiger partial charge in [0.2, 0.25) is 16.0 Å². The van der Waals surface area contributed by atoms with Crippen LogP contribution in [-0.2, 0) is 14.8 Å². The molecule has 2 aromatic heterocycles. The molecule has 1 fully saturated rings. The van der Waals surface area contributed by atoms with Crippen LogP contribution in [0.2, 0.25) is 0 Å². The molecule has 1 saturated heterocycles. The monoisotopic (exact) mass is 398 g/mol. The third-order valence-electron chi connectivity index (χ3n) is 4.20. The summed E-state index contributed by atoms with van der Waals surface area (Å²) in [5.74, 6) is 0.849. The fraction of sp³-hybridized carbons (Fsp3) is 0.222. The van der Waals surface area contributed by atoms with Gasteiger partial charge in [-0.25, -0.2) is 23.4 Å². The van der Waals surface area contributed by atoms with Gasteiger partial charge >= 0.3 is 0 Å². The summed E-state index contributed by atoms with van der Waals surface area (Å²) in [5, 5.41) is 2.97. The molecular weight excluding hydrogens is 380 g/mol. The van der Waals surface area contributed by atoms with Gasteiger partial charge in [0.15, 0.2) is 5.82 Å². The van der Waals surface area contributed by atoms with Crippen LogP contribution in [0.3, 0.4) is 0 Å². The van der Waals surface area contributed by atoms with E-state index in [-0.39, 0.29) is 24.6 Å². The van der Waals surface area contributed by atoms with Crippen molar-refractivity contribution >= 4 is 21.8 Å². The number of hydrogen-bond acceptors (Lipinski definition) is 8. The van der Waals surface area contributed by atoms with Gasteiger partial charge in [-0.2, -0.15) is 4.31 Å². The molecule has 0 unspecified atom stereocenters. The minimum Gasteiger partial charge on any atom is -0.369 e. The van der Waals surface area contributed by atoms with Crippen LogP contribution >= 0.6 is 0 Å². The van der Waals surface area contributed by atoms with Gasteiger partial charge in [0, 0.05) is 25.5 Å². The lowest BCUT2D eigenvalue weighted by Crippen LogP contribution is -2.42. The number of sulfonamides is 1. The second-order valence-electron chi connectivity index (χ2n) is 6.06. The Morgan fingerprint density at radius 1 is 1.07 bits per heavy atom. The van der Waals surface area contributed by atoms with Crippen LogP contribution in [0.4, 0.5) is 11.8 Å². The Hall–Kier alpha value is -2.95. The van der Waals surface area contributed by atoms with Gasteiger partial charge in [0.25, 0.3) is 0 Å². The third-order valence-corrected chi connectivity index (χ3v) is 6.08. The average molecular weight is 398 g/mol. The molecule has 3 heterocycles. The minimum atomic E-state index is -3.59. The standard InChI is InChI=1S/C18H18N6O3S/c25-28(26,14-5-2-1-3-6-14)24-9-10-27-16(13-24)15-11-19-12-17(22-15)23-18-20-7-4-8-21-18/h1-8,11-12,16H,9-10,13H2,(H,20,21,22,23)/t16-/m0/s1. The SMILES string of the molecule is O=S(=O)(c1ccccc1)N1CCO[C@H](c2cncc(Nc3ncccn3)n2)C1. The number of nitrogens with zero attached hydrogens (tertiary/aromatic N) is 5. The number of aromatic nitrogens is 4. The number of ether oxygens (including phenoxy) is 1. The molecule has 0 bridgehead atoms. The van der Waals surface area contributed by atoms with Gasteiger partial charge in [0.05, 0.1) is 29.6 Å². The van der Waals surface area contributed by atoms with Gasteiger partial charge in [0.1, 0.15) is 6.10 Å². The fourth-order valence-electron chi connectivity index (χ4n) is 2.84. The summed E-state index contributed by atoms with van der Waals surface area (Å²) >= 11 is 0. The van der Waals surface area contributed by atoms with Crippen LogP contribution in [0.15, 0.2) is 66.1 Å². The Morgan fingerprint density at radius 2 is 1.86 bits per heavy atom. The van der Waals surface area contributed by atoms with E-state index in [1.54, 1.807) is 61.2 Å². The van der Waals surface area contributed by atoms with E-state index >= 15 is 0 Å². The number of hydrogen-bond donors (Lipinski definition) is 1. The first-order chi connectivity index (χ1) is 13.6. The summed E-state index contributed by atoms with van der Waals surface area (Å²) in [7, 11) is -3.59. The number of anilines is 2. The highest BCUT2D eigenvalue weighted by molar-refractivity contribution is 7.89. The average Bonchev–Trinajstić information content (AvgIpc) is 2.75. The number of rotatable bonds is 5. The normalized spacial score (nSPS) is 17.9. The molecule has 1 aliphatic heterocycles. The summed E-state index contributed by atoms with van der Waals surface area (Å²) < 4.78 is 32.9. The molecular formula is C18H18N6O3S. The quantitative estimate of drug-likeness (QED) is 0.692. The molecule has 1 atom stereocenters. The second-order valence-corrected chi connectivity index (χ2v) is 8.00. The Balaban J connectivity index is 1.53. The van der Waals surface area contributed by atoms with Crippen molar-refractivity contribution in [3.63, 3.8) is 0 Å². The van der Waals surface area contributed by atoms with Crippen LogP contribution in [0, 0.1) is 0 Å². The molecule has 144 valence electrons. The highest BCUT2D eigenvalue weighted by atomic mass is 32.2. The van der Waals surface area contributed by atoms with Gasteiger partial charge in [-0.15, -0.1) is 0 Å². The molecule has 3 aromatic rings. The zero-order valence-electron chi connectivity index (χ0n) is 14.8. The van der Waals surface area contributed by atoms with Crippen molar-refractivity contribution in [2.24, 2.45) is 0 Å². The van der Waals surface area contributed by atoms with Crippen LogP contribution < -0.4 is 5.32 Å². The smallest absolute Gasteiger partial charge is 0.243 e. The van der Waals surface area contributed by atoms with Gasteiger partial charge in [-0.1, -0.05) is 18.2 Å². The van der Waals surface area contributed by atoms with Crippen LogP contribution in [0.5, 0.6) is 0 Å². The molecule has 0 amide bonds. The van der Waals surface area contributed by atoms with Crippen molar-refractivity contribution in [1.82, 2.24) is 24.2 Å². The van der Waals surface area contributed by atoms with E-state index in [0.717, 1.165) is 0 Å². The first-order valence-electron chi connectivity index (χ1n) is 8.66. The van der Waals surface area contributed by atoms with Crippen molar-refractivity contribution in [1.29, 1.82) is 0 Å². The number of morpholine rings is 1. The largest absolute Gasteiger partial charge is 0.369 e. The molecule has 10 heteroatoms. The summed E-state index contributed by atoms with van der Waals surface area (Å²) in [6.45, 7) is 0.728. The van der Waals surface area contributed by atoms with Crippen molar-refractivity contribution < 1.29 is 13.2 Å². The maximum atomic E-state index is 12.9. The van der Waals surface area contributed by atoms with Gasteiger partial charge < -0.3 is 10.1 Å².